The number of halogens is 1. The van der Waals surface area contributed by atoms with Gasteiger partial charge in [0.15, 0.2) is 9.84 Å². The van der Waals surface area contributed by atoms with Crippen molar-refractivity contribution in [3.63, 3.8) is 0 Å². The van der Waals surface area contributed by atoms with Gasteiger partial charge in [-0.05, 0) is 56.0 Å². The van der Waals surface area contributed by atoms with E-state index in [2.05, 4.69) is 17.2 Å². The topological polar surface area (TPSA) is 122 Å². The maximum Gasteiger partial charge on any atom is 0.412 e. The van der Waals surface area contributed by atoms with Gasteiger partial charge >= 0.3 is 6.09 Å². The zero-order valence-corrected chi connectivity index (χ0v) is 23.0. The predicted octanol–water partition coefficient (Wildman–Crippen LogP) is 3.73. The summed E-state index contributed by atoms with van der Waals surface area (Å²) in [5.41, 5.74) is 0.911. The Labute approximate surface area is 228 Å². The lowest BCUT2D eigenvalue weighted by molar-refractivity contribution is -0.132. The first-order valence-electron chi connectivity index (χ1n) is 12.2. The second kappa shape index (κ2) is 12.9. The minimum absolute atomic E-state index is 0.0131. The van der Waals surface area contributed by atoms with Crippen molar-refractivity contribution in [2.45, 2.75) is 49.6 Å². The number of hydrogen-bond acceptors (Lipinski definition) is 6. The Balaban J connectivity index is 1.67. The third kappa shape index (κ3) is 8.32. The molecule has 1 aliphatic heterocycles. The summed E-state index contributed by atoms with van der Waals surface area (Å²) in [5.74, 6) is -0.475. The summed E-state index contributed by atoms with van der Waals surface area (Å²) >= 11 is 6.10. The Kier molecular flexibility index (Phi) is 9.93. The van der Waals surface area contributed by atoms with Crippen LogP contribution in [0.25, 0.3) is 0 Å². The molecule has 0 aliphatic carbocycles. The van der Waals surface area contributed by atoms with E-state index in [1.807, 2.05) is 6.07 Å². The van der Waals surface area contributed by atoms with Crippen molar-refractivity contribution in [3.05, 3.63) is 77.0 Å². The van der Waals surface area contributed by atoms with Gasteiger partial charge < -0.3 is 20.3 Å². The highest BCUT2D eigenvalue weighted by Gasteiger charge is 2.31. The molecule has 2 aromatic rings. The molecular weight excluding hydrogens is 530 g/mol. The van der Waals surface area contributed by atoms with E-state index in [1.54, 1.807) is 42.2 Å². The number of carbonyl (C=O) groups excluding carboxylic acids is 3. The van der Waals surface area contributed by atoms with Crippen molar-refractivity contribution in [3.8, 4) is 0 Å². The molecule has 2 N–H and O–H groups in total. The van der Waals surface area contributed by atoms with Crippen LogP contribution < -0.4 is 10.6 Å². The standard InChI is InChI=1S/C27H32ClN3O6S/c1-18(2)37-27(34)30-21(15-19-8-6-9-20(28)14-19)16-25(32)31-13-7-10-22(31)17-29-26(33)23-11-4-5-12-24(23)38(3,35)36/h4-6,8-9,11-12,14,21-22H,1,7,10,13,15-17H2,2-3H3,(H,29,33)(H,30,34)/t21-,22+/m1/s1. The van der Waals surface area contributed by atoms with E-state index in [1.165, 1.54) is 12.1 Å². The van der Waals surface area contributed by atoms with E-state index in [-0.39, 0.29) is 41.1 Å². The molecule has 3 amide bonds. The molecule has 0 saturated carbocycles. The van der Waals surface area contributed by atoms with Crippen molar-refractivity contribution in [2.75, 3.05) is 19.3 Å². The van der Waals surface area contributed by atoms with Crippen LogP contribution in [0.3, 0.4) is 0 Å². The number of ether oxygens (including phenoxy) is 1. The quantitative estimate of drug-likeness (QED) is 0.426. The molecule has 9 nitrogen and oxygen atoms in total. The molecule has 2 aromatic carbocycles. The average molecular weight is 562 g/mol. The number of benzene rings is 2. The van der Waals surface area contributed by atoms with Crippen LogP contribution in [0.1, 0.15) is 42.1 Å². The highest BCUT2D eigenvalue weighted by atomic mass is 35.5. The maximum absolute atomic E-state index is 13.3. The monoisotopic (exact) mass is 561 g/mol. The zero-order valence-electron chi connectivity index (χ0n) is 21.4. The third-order valence-electron chi connectivity index (χ3n) is 6.11. The first-order chi connectivity index (χ1) is 17.9. The lowest BCUT2D eigenvalue weighted by Gasteiger charge is -2.27. The lowest BCUT2D eigenvalue weighted by atomic mass is 10.0. The number of rotatable bonds is 10. The number of carbonyl (C=O) groups is 3. The van der Waals surface area contributed by atoms with Crippen molar-refractivity contribution in [1.82, 2.24) is 15.5 Å². The van der Waals surface area contributed by atoms with Gasteiger partial charge in [0.1, 0.15) is 0 Å². The van der Waals surface area contributed by atoms with Crippen molar-refractivity contribution < 1.29 is 27.5 Å². The Morgan fingerprint density at radius 2 is 1.92 bits per heavy atom. The normalized spacial score (nSPS) is 16.0. The number of alkyl carbamates (subject to hydrolysis) is 1. The van der Waals surface area contributed by atoms with Crippen LogP contribution in [0.15, 0.2) is 65.8 Å². The Hall–Kier alpha value is -3.37. The second-order valence-corrected chi connectivity index (χ2v) is 11.8. The molecule has 0 unspecified atom stereocenters. The van der Waals surface area contributed by atoms with Gasteiger partial charge in [-0.15, -0.1) is 0 Å². The van der Waals surface area contributed by atoms with Gasteiger partial charge in [-0.25, -0.2) is 13.2 Å². The fourth-order valence-electron chi connectivity index (χ4n) is 4.46. The van der Waals surface area contributed by atoms with Crippen molar-refractivity contribution >= 4 is 39.3 Å². The van der Waals surface area contributed by atoms with Gasteiger partial charge in [0, 0.05) is 42.9 Å². The molecule has 11 heteroatoms. The molecule has 204 valence electrons. The summed E-state index contributed by atoms with van der Waals surface area (Å²) in [6.07, 6.45) is 2.16. The number of hydrogen-bond donors (Lipinski definition) is 2. The number of sulfone groups is 1. The summed E-state index contributed by atoms with van der Waals surface area (Å²) in [6, 6.07) is 12.4. The molecule has 3 rings (SSSR count). The zero-order chi connectivity index (χ0) is 27.9. The Morgan fingerprint density at radius 3 is 2.61 bits per heavy atom. The summed E-state index contributed by atoms with van der Waals surface area (Å²) in [4.78, 5) is 40.0. The van der Waals surface area contributed by atoms with Gasteiger partial charge in [0.05, 0.1) is 16.2 Å². The highest BCUT2D eigenvalue weighted by Crippen LogP contribution is 2.21. The van der Waals surface area contributed by atoms with E-state index in [9.17, 15) is 22.8 Å². The summed E-state index contributed by atoms with van der Waals surface area (Å²) in [6.45, 7) is 5.80. The molecule has 0 spiro atoms. The Bertz CT molecular complexity index is 1310. The molecule has 0 radical (unpaired) electrons. The van der Waals surface area contributed by atoms with E-state index >= 15 is 0 Å². The summed E-state index contributed by atoms with van der Waals surface area (Å²) in [5, 5.41) is 6.06. The van der Waals surface area contributed by atoms with Crippen LogP contribution in [0, 0.1) is 0 Å². The van der Waals surface area contributed by atoms with Crippen LogP contribution in [-0.4, -0.2) is 62.7 Å². The van der Waals surface area contributed by atoms with Gasteiger partial charge in [0.25, 0.3) is 5.91 Å². The Morgan fingerprint density at radius 1 is 1.18 bits per heavy atom. The molecular formula is C27H32ClN3O6S. The van der Waals surface area contributed by atoms with Gasteiger partial charge in [-0.2, -0.15) is 0 Å². The number of nitrogens with zero attached hydrogens (tertiary/aromatic N) is 1. The number of amides is 3. The fraction of sp³-hybridized carbons (Fsp3) is 0.370. The summed E-state index contributed by atoms with van der Waals surface area (Å²) in [7, 11) is -3.58. The van der Waals surface area contributed by atoms with Crippen molar-refractivity contribution in [2.24, 2.45) is 0 Å². The number of nitrogens with one attached hydrogen (secondary N) is 2. The molecule has 1 aliphatic rings. The van der Waals surface area contributed by atoms with Crippen LogP contribution in [-0.2, 0) is 25.8 Å². The van der Waals surface area contributed by atoms with Crippen molar-refractivity contribution in [1.29, 1.82) is 0 Å². The molecule has 0 aromatic heterocycles. The van der Waals surface area contributed by atoms with Crippen LogP contribution in [0.4, 0.5) is 4.79 Å². The third-order valence-corrected chi connectivity index (χ3v) is 7.50. The van der Waals surface area contributed by atoms with Crippen LogP contribution >= 0.6 is 11.6 Å². The molecule has 1 saturated heterocycles. The average Bonchev–Trinajstić information content (AvgIpc) is 3.30. The largest absolute Gasteiger partial charge is 0.416 e. The smallest absolute Gasteiger partial charge is 0.412 e. The van der Waals surface area contributed by atoms with E-state index in [0.717, 1.165) is 18.2 Å². The fourth-order valence-corrected chi connectivity index (χ4v) is 5.56. The van der Waals surface area contributed by atoms with E-state index < -0.39 is 27.9 Å². The first-order valence-corrected chi connectivity index (χ1v) is 14.5. The molecule has 1 heterocycles. The van der Waals surface area contributed by atoms with Gasteiger partial charge in [0.2, 0.25) is 5.91 Å². The molecule has 0 bridgehead atoms. The second-order valence-electron chi connectivity index (χ2n) is 9.33. The van der Waals surface area contributed by atoms with E-state index in [0.29, 0.717) is 24.4 Å². The maximum atomic E-state index is 13.3. The SMILES string of the molecule is C=C(C)OC(=O)N[C@@H](CC(=O)N1CCC[C@H]1CNC(=O)c1ccccc1S(C)(=O)=O)Cc1cccc(Cl)c1. The molecule has 2 atom stereocenters. The van der Waals surface area contributed by atoms with E-state index in [4.69, 9.17) is 16.3 Å². The lowest BCUT2D eigenvalue weighted by Crippen LogP contribution is -2.46. The molecule has 38 heavy (non-hydrogen) atoms. The number of likely N-dealkylation sites (tertiary alicyclic amines) is 1. The molecule has 1 fully saturated rings. The predicted molar refractivity (Wildman–Crippen MR) is 145 cm³/mol. The summed E-state index contributed by atoms with van der Waals surface area (Å²) < 4.78 is 29.2. The first kappa shape index (κ1) is 29.2. The highest BCUT2D eigenvalue weighted by molar-refractivity contribution is 7.90. The number of allylic oxidation sites excluding steroid dienone is 1. The minimum Gasteiger partial charge on any atom is -0.416 e. The van der Waals surface area contributed by atoms with Crippen LogP contribution in [0.2, 0.25) is 5.02 Å². The minimum atomic E-state index is -3.58. The van der Waals surface area contributed by atoms with Gasteiger partial charge in [-0.3, -0.25) is 9.59 Å². The van der Waals surface area contributed by atoms with Gasteiger partial charge in [-0.1, -0.05) is 42.4 Å². The van der Waals surface area contributed by atoms with Crippen LogP contribution in [0.5, 0.6) is 0 Å².